The lowest BCUT2D eigenvalue weighted by atomic mass is 10.2. The molecule has 0 saturated heterocycles. The number of benzene rings is 1. The monoisotopic (exact) mass is 420 g/mol. The Labute approximate surface area is 171 Å². The highest BCUT2D eigenvalue weighted by Crippen LogP contribution is 2.40. The molecule has 2 heterocycles. The molecular weight excluding hydrogens is 400 g/mol. The summed E-state index contributed by atoms with van der Waals surface area (Å²) in [4.78, 5) is 22.3. The Bertz CT molecular complexity index is 1050. The molecule has 1 aliphatic carbocycles. The van der Waals surface area contributed by atoms with E-state index in [-0.39, 0.29) is 10.8 Å². The lowest BCUT2D eigenvalue weighted by Crippen LogP contribution is -2.24. The van der Waals surface area contributed by atoms with Crippen LogP contribution in [0.5, 0.6) is 0 Å². The normalized spacial score (nSPS) is 15.2. The molecular formula is C19H21ClN4O3S. The Morgan fingerprint density at radius 3 is 2.96 bits per heavy atom. The van der Waals surface area contributed by atoms with Gasteiger partial charge in [0.1, 0.15) is 0 Å². The number of thioether (sulfide) groups is 1. The third-order valence-corrected chi connectivity index (χ3v) is 5.96. The maximum absolute atomic E-state index is 13.0. The van der Waals surface area contributed by atoms with Gasteiger partial charge in [-0.1, -0.05) is 28.5 Å². The quantitative estimate of drug-likeness (QED) is 0.306. The third kappa shape index (κ3) is 4.09. The van der Waals surface area contributed by atoms with Crippen molar-refractivity contribution in [2.45, 2.75) is 49.1 Å². The van der Waals surface area contributed by atoms with Crippen molar-refractivity contribution >= 4 is 34.3 Å². The van der Waals surface area contributed by atoms with Gasteiger partial charge >= 0.3 is 0 Å². The minimum atomic E-state index is -0.128. The first-order valence-electron chi connectivity index (χ1n) is 9.26. The molecule has 7 nitrogen and oxygen atoms in total. The summed E-state index contributed by atoms with van der Waals surface area (Å²) >= 11 is 7.53. The number of rotatable bonds is 8. The minimum absolute atomic E-state index is 0.0864. The second-order valence-electron chi connectivity index (χ2n) is 6.88. The van der Waals surface area contributed by atoms with Crippen molar-refractivity contribution in [3.63, 3.8) is 0 Å². The number of halogens is 1. The molecule has 1 atom stereocenters. The topological polar surface area (TPSA) is 83.0 Å². The third-order valence-electron chi connectivity index (χ3n) is 4.64. The fourth-order valence-electron chi connectivity index (χ4n) is 2.96. The van der Waals surface area contributed by atoms with E-state index >= 15 is 0 Å². The zero-order valence-electron chi connectivity index (χ0n) is 15.7. The van der Waals surface area contributed by atoms with E-state index in [1.807, 2.05) is 6.92 Å². The van der Waals surface area contributed by atoms with Gasteiger partial charge in [-0.05, 0) is 44.4 Å². The number of ether oxygens (including phenoxy) is 1. The van der Waals surface area contributed by atoms with E-state index in [1.165, 1.54) is 11.8 Å². The molecule has 1 fully saturated rings. The molecule has 0 spiro atoms. The molecule has 3 aromatic rings. The standard InChI is InChI=1S/C19H21ClN4O3S/c1-11(17-22-16(23-27-17)12-4-5-12)28-19-21-15-10-13(20)6-7-14(15)18(25)24(19)8-3-9-26-2/h6-7,10-12H,3-5,8-9H2,1-2H3. The molecule has 9 heteroatoms. The summed E-state index contributed by atoms with van der Waals surface area (Å²) in [6, 6.07) is 5.14. The van der Waals surface area contributed by atoms with Gasteiger partial charge in [0.25, 0.3) is 5.56 Å². The van der Waals surface area contributed by atoms with Gasteiger partial charge < -0.3 is 9.26 Å². The summed E-state index contributed by atoms with van der Waals surface area (Å²) in [6.45, 7) is 3.06. The van der Waals surface area contributed by atoms with Crippen LogP contribution in [0.1, 0.15) is 49.1 Å². The summed E-state index contributed by atoms with van der Waals surface area (Å²) in [5, 5.41) is 5.66. The van der Waals surface area contributed by atoms with Gasteiger partial charge in [0, 0.05) is 31.2 Å². The van der Waals surface area contributed by atoms with Crippen molar-refractivity contribution < 1.29 is 9.26 Å². The van der Waals surface area contributed by atoms with Crippen molar-refractivity contribution in [2.75, 3.05) is 13.7 Å². The Morgan fingerprint density at radius 1 is 1.39 bits per heavy atom. The smallest absolute Gasteiger partial charge is 0.262 e. The maximum atomic E-state index is 13.0. The lowest BCUT2D eigenvalue weighted by Gasteiger charge is -2.14. The van der Waals surface area contributed by atoms with Crippen LogP contribution in [0.15, 0.2) is 32.7 Å². The number of fused-ring (bicyclic) bond motifs is 1. The highest BCUT2D eigenvalue weighted by molar-refractivity contribution is 7.99. The van der Waals surface area contributed by atoms with Gasteiger partial charge in [-0.15, -0.1) is 0 Å². The molecule has 1 saturated carbocycles. The predicted molar refractivity (Wildman–Crippen MR) is 108 cm³/mol. The predicted octanol–water partition coefficient (Wildman–Crippen LogP) is 4.20. The van der Waals surface area contributed by atoms with Crippen molar-refractivity contribution in [2.24, 2.45) is 0 Å². The fourth-order valence-corrected chi connectivity index (χ4v) is 4.09. The molecule has 148 valence electrons. The molecule has 1 aromatic carbocycles. The van der Waals surface area contributed by atoms with E-state index in [2.05, 4.69) is 10.1 Å². The molecule has 0 aliphatic heterocycles. The van der Waals surface area contributed by atoms with Crippen LogP contribution in [0.3, 0.4) is 0 Å². The maximum Gasteiger partial charge on any atom is 0.262 e. The zero-order chi connectivity index (χ0) is 19.7. The van der Waals surface area contributed by atoms with Gasteiger partial charge in [0.05, 0.1) is 16.2 Å². The second kappa shape index (κ2) is 8.23. The first kappa shape index (κ1) is 19.4. The number of aromatic nitrogens is 4. The Hall–Kier alpha value is -1.90. The number of hydrogen-bond donors (Lipinski definition) is 0. The van der Waals surface area contributed by atoms with Crippen LogP contribution >= 0.6 is 23.4 Å². The Balaban J connectivity index is 1.67. The van der Waals surface area contributed by atoms with Gasteiger partial charge in [-0.2, -0.15) is 4.98 Å². The van der Waals surface area contributed by atoms with Crippen LogP contribution in [-0.2, 0) is 11.3 Å². The van der Waals surface area contributed by atoms with Crippen LogP contribution in [0.2, 0.25) is 5.02 Å². The van der Waals surface area contributed by atoms with E-state index in [4.69, 9.17) is 25.8 Å². The highest BCUT2D eigenvalue weighted by Gasteiger charge is 2.30. The molecule has 0 N–H and O–H groups in total. The van der Waals surface area contributed by atoms with Gasteiger partial charge in [-0.25, -0.2) is 4.98 Å². The van der Waals surface area contributed by atoms with Gasteiger partial charge in [-0.3, -0.25) is 9.36 Å². The molecule has 0 amide bonds. The van der Waals surface area contributed by atoms with Crippen LogP contribution in [0.4, 0.5) is 0 Å². The van der Waals surface area contributed by atoms with E-state index < -0.39 is 0 Å². The molecule has 2 aromatic heterocycles. The number of methoxy groups -OCH3 is 1. The molecule has 4 rings (SSSR count). The second-order valence-corrected chi connectivity index (χ2v) is 8.63. The van der Waals surface area contributed by atoms with Crippen LogP contribution in [-0.4, -0.2) is 33.4 Å². The lowest BCUT2D eigenvalue weighted by molar-refractivity contribution is 0.189. The average molecular weight is 421 g/mol. The SMILES string of the molecule is COCCCn1c(SC(C)c2nc(C3CC3)no2)nc2cc(Cl)ccc2c1=O. The zero-order valence-corrected chi connectivity index (χ0v) is 17.3. The average Bonchev–Trinajstić information content (AvgIpc) is 3.40. The highest BCUT2D eigenvalue weighted by atomic mass is 35.5. The number of hydrogen-bond acceptors (Lipinski definition) is 7. The van der Waals surface area contributed by atoms with Crippen LogP contribution in [0.25, 0.3) is 10.9 Å². The Morgan fingerprint density at radius 2 is 2.21 bits per heavy atom. The summed E-state index contributed by atoms with van der Waals surface area (Å²) in [5.41, 5.74) is 0.496. The van der Waals surface area contributed by atoms with Crippen molar-refractivity contribution in [1.29, 1.82) is 0 Å². The molecule has 28 heavy (non-hydrogen) atoms. The van der Waals surface area contributed by atoms with Crippen LogP contribution in [0, 0.1) is 0 Å². The first-order chi connectivity index (χ1) is 13.6. The molecule has 1 aliphatic rings. The van der Waals surface area contributed by atoms with E-state index in [9.17, 15) is 4.79 Å². The first-order valence-corrected chi connectivity index (χ1v) is 10.5. The van der Waals surface area contributed by atoms with E-state index in [1.54, 1.807) is 29.9 Å². The van der Waals surface area contributed by atoms with E-state index in [0.29, 0.717) is 52.5 Å². The minimum Gasteiger partial charge on any atom is -0.385 e. The van der Waals surface area contributed by atoms with Gasteiger partial charge in [0.2, 0.25) is 5.89 Å². The van der Waals surface area contributed by atoms with E-state index in [0.717, 1.165) is 18.7 Å². The summed E-state index contributed by atoms with van der Waals surface area (Å²) in [6.07, 6.45) is 2.95. The Kier molecular flexibility index (Phi) is 5.70. The van der Waals surface area contributed by atoms with Crippen molar-refractivity contribution in [3.8, 4) is 0 Å². The van der Waals surface area contributed by atoms with Crippen molar-refractivity contribution in [3.05, 3.63) is 45.3 Å². The largest absolute Gasteiger partial charge is 0.385 e. The van der Waals surface area contributed by atoms with Crippen LogP contribution < -0.4 is 5.56 Å². The number of nitrogens with zero attached hydrogens (tertiary/aromatic N) is 4. The van der Waals surface area contributed by atoms with Gasteiger partial charge in [0.15, 0.2) is 11.0 Å². The molecule has 0 radical (unpaired) electrons. The summed E-state index contributed by atoms with van der Waals surface area (Å²) in [5.74, 6) is 1.76. The summed E-state index contributed by atoms with van der Waals surface area (Å²) < 4.78 is 12.3. The molecule has 0 bridgehead atoms. The summed E-state index contributed by atoms with van der Waals surface area (Å²) in [7, 11) is 1.65. The molecule has 1 unspecified atom stereocenters. The fraction of sp³-hybridized carbons (Fsp3) is 0.474. The van der Waals surface area contributed by atoms with Crippen molar-refractivity contribution in [1.82, 2.24) is 19.7 Å².